The maximum atomic E-state index is 13.3. The van der Waals surface area contributed by atoms with Gasteiger partial charge in [0.1, 0.15) is 25.5 Å². The normalized spacial score (nSPS) is 17.5. The van der Waals surface area contributed by atoms with Crippen LogP contribution in [0.2, 0.25) is 0 Å². The first-order chi connectivity index (χ1) is 21.8. The van der Waals surface area contributed by atoms with Crippen LogP contribution in [0.1, 0.15) is 39.7 Å². The Balaban J connectivity index is 1.54. The Morgan fingerprint density at radius 3 is 2.36 bits per heavy atom. The molecule has 45 heavy (non-hydrogen) atoms. The van der Waals surface area contributed by atoms with Crippen molar-refractivity contribution in [1.82, 2.24) is 14.7 Å². The minimum atomic E-state index is -0.578. The van der Waals surface area contributed by atoms with E-state index in [2.05, 4.69) is 19.7 Å². The van der Waals surface area contributed by atoms with E-state index in [0.29, 0.717) is 37.4 Å². The van der Waals surface area contributed by atoms with Crippen LogP contribution in [0.15, 0.2) is 90.3 Å². The molecule has 1 aromatic carbocycles. The van der Waals surface area contributed by atoms with E-state index in [-0.39, 0.29) is 42.7 Å². The number of benzene rings is 1. The van der Waals surface area contributed by atoms with Gasteiger partial charge in [-0.15, -0.1) is 23.1 Å². The van der Waals surface area contributed by atoms with Crippen LogP contribution in [0.3, 0.4) is 0 Å². The molecule has 2 aliphatic heterocycles. The Morgan fingerprint density at radius 2 is 1.69 bits per heavy atom. The summed E-state index contributed by atoms with van der Waals surface area (Å²) in [5.74, 6) is -0.824. The number of thioether (sulfide) groups is 1. The average Bonchev–Trinajstić information content (AvgIpc) is 3.82. The molecule has 2 aliphatic rings. The maximum Gasteiger partial charge on any atom is 0.410 e. The van der Waals surface area contributed by atoms with Crippen LogP contribution < -0.4 is 0 Å². The quantitative estimate of drug-likeness (QED) is 0.144. The highest BCUT2D eigenvalue weighted by Gasteiger charge is 2.41. The van der Waals surface area contributed by atoms with Gasteiger partial charge in [0.15, 0.2) is 0 Å². The fourth-order valence-corrected chi connectivity index (χ4v) is 7.21. The topological polar surface area (TPSA) is 106 Å². The van der Waals surface area contributed by atoms with Crippen LogP contribution in [-0.2, 0) is 25.5 Å². The lowest BCUT2D eigenvalue weighted by atomic mass is 10.0. The summed E-state index contributed by atoms with van der Waals surface area (Å²) in [6.45, 7) is 12.1. The number of likely N-dealkylation sites (tertiary alicyclic amines) is 1. The number of amides is 3. The van der Waals surface area contributed by atoms with Crippen molar-refractivity contribution in [2.24, 2.45) is 0 Å². The van der Waals surface area contributed by atoms with Crippen molar-refractivity contribution in [1.29, 1.82) is 0 Å². The third kappa shape index (κ3) is 8.46. The van der Waals surface area contributed by atoms with Crippen molar-refractivity contribution in [3.05, 3.63) is 106 Å². The molecule has 0 unspecified atom stereocenters. The lowest BCUT2D eigenvalue weighted by Gasteiger charge is -2.24. The summed E-state index contributed by atoms with van der Waals surface area (Å²) in [4.78, 5) is 57.7. The van der Waals surface area contributed by atoms with E-state index >= 15 is 0 Å². The number of ether oxygens (including phenoxy) is 3. The van der Waals surface area contributed by atoms with Crippen LogP contribution in [0.4, 0.5) is 9.59 Å². The van der Waals surface area contributed by atoms with Crippen LogP contribution in [-0.4, -0.2) is 84.0 Å². The molecule has 1 saturated heterocycles. The summed E-state index contributed by atoms with van der Waals surface area (Å²) >= 11 is 2.81. The molecular formula is C33H37N3O7S2. The SMILES string of the molecule is C=CCOC(=O)C1=C(S[C@H]2C[C@@H](c3ccc(CN(C)C(=O)OCC=C)cc3)N(C(=O)OCC=C)C2)CCN1C(=O)c1cccs1. The fraction of sp³-hybridized carbons (Fsp3) is 0.333. The van der Waals surface area contributed by atoms with E-state index < -0.39 is 18.2 Å². The van der Waals surface area contributed by atoms with Crippen molar-refractivity contribution >= 4 is 47.2 Å². The summed E-state index contributed by atoms with van der Waals surface area (Å²) in [7, 11) is 1.66. The number of esters is 1. The van der Waals surface area contributed by atoms with E-state index in [0.717, 1.165) is 16.0 Å². The van der Waals surface area contributed by atoms with E-state index in [1.807, 2.05) is 29.6 Å². The lowest BCUT2D eigenvalue weighted by molar-refractivity contribution is -0.139. The van der Waals surface area contributed by atoms with Crippen LogP contribution in [0.25, 0.3) is 0 Å². The smallest absolute Gasteiger partial charge is 0.410 e. The number of hydrogen-bond donors (Lipinski definition) is 0. The summed E-state index contributed by atoms with van der Waals surface area (Å²) < 4.78 is 15.9. The van der Waals surface area contributed by atoms with Crippen molar-refractivity contribution < 1.29 is 33.4 Å². The number of carbonyl (C=O) groups excluding carboxylic acids is 4. The zero-order valence-corrected chi connectivity index (χ0v) is 26.9. The molecule has 3 amide bonds. The molecule has 10 nitrogen and oxygen atoms in total. The van der Waals surface area contributed by atoms with Gasteiger partial charge in [0.25, 0.3) is 5.91 Å². The Kier molecular flexibility index (Phi) is 12.1. The summed E-state index contributed by atoms with van der Waals surface area (Å²) in [5, 5.41) is 1.74. The Hall–Kier alpha value is -4.29. The Bertz CT molecular complexity index is 1440. The molecule has 1 aromatic heterocycles. The Labute approximate surface area is 271 Å². The zero-order valence-electron chi connectivity index (χ0n) is 25.2. The van der Waals surface area contributed by atoms with Crippen molar-refractivity contribution in [2.75, 3.05) is 40.0 Å². The number of thiophene rings is 1. The largest absolute Gasteiger partial charge is 0.457 e. The molecule has 3 heterocycles. The van der Waals surface area contributed by atoms with Gasteiger partial charge in [-0.1, -0.05) is 68.3 Å². The molecule has 0 aliphatic carbocycles. The lowest BCUT2D eigenvalue weighted by Crippen LogP contribution is -2.32. The molecule has 4 rings (SSSR count). The Morgan fingerprint density at radius 1 is 1.00 bits per heavy atom. The predicted molar refractivity (Wildman–Crippen MR) is 175 cm³/mol. The standard InChI is InChI=1S/C33H37N3O7S2/c1-5-16-41-31(38)29-27(14-15-35(29)30(37)28-9-8-19-44-28)45-25-20-26(36(22-25)33(40)43-18-7-3)24-12-10-23(11-13-24)21-34(4)32(39)42-17-6-2/h5-13,19,25-26H,1-3,14-18,20-22H2,4H3/t25-,26-/m0/s1. The average molecular weight is 652 g/mol. The van der Waals surface area contributed by atoms with Crippen LogP contribution >= 0.6 is 23.1 Å². The molecule has 1 fully saturated rings. The minimum Gasteiger partial charge on any atom is -0.457 e. The first-order valence-electron chi connectivity index (χ1n) is 14.4. The van der Waals surface area contributed by atoms with Gasteiger partial charge in [-0.25, -0.2) is 14.4 Å². The molecule has 2 atom stereocenters. The maximum absolute atomic E-state index is 13.3. The molecule has 0 spiro atoms. The van der Waals surface area contributed by atoms with Gasteiger partial charge in [0.05, 0.1) is 10.9 Å². The molecule has 0 radical (unpaired) electrons. The van der Waals surface area contributed by atoms with Crippen molar-refractivity contribution in [3.63, 3.8) is 0 Å². The van der Waals surface area contributed by atoms with E-state index in [1.165, 1.54) is 51.1 Å². The van der Waals surface area contributed by atoms with Gasteiger partial charge in [-0.2, -0.15) is 0 Å². The van der Waals surface area contributed by atoms with Gasteiger partial charge in [0, 0.05) is 36.8 Å². The second-order valence-corrected chi connectivity index (χ2v) is 12.7. The van der Waals surface area contributed by atoms with Gasteiger partial charge in [-0.05, 0) is 35.4 Å². The second-order valence-electron chi connectivity index (χ2n) is 10.3. The van der Waals surface area contributed by atoms with E-state index in [1.54, 1.807) is 24.1 Å². The molecule has 238 valence electrons. The van der Waals surface area contributed by atoms with Gasteiger partial charge in [-0.3, -0.25) is 4.79 Å². The van der Waals surface area contributed by atoms with E-state index in [9.17, 15) is 19.2 Å². The fourth-order valence-electron chi connectivity index (χ4n) is 5.11. The second kappa shape index (κ2) is 16.1. The van der Waals surface area contributed by atoms with Gasteiger partial charge >= 0.3 is 18.2 Å². The zero-order chi connectivity index (χ0) is 32.3. The number of carbonyl (C=O) groups is 4. The third-order valence-electron chi connectivity index (χ3n) is 7.15. The van der Waals surface area contributed by atoms with Crippen molar-refractivity contribution in [3.8, 4) is 0 Å². The molecule has 0 bridgehead atoms. The summed E-state index contributed by atoms with van der Waals surface area (Å²) in [5.41, 5.74) is 2.05. The first-order valence-corrected chi connectivity index (χ1v) is 16.2. The van der Waals surface area contributed by atoms with Crippen LogP contribution in [0, 0.1) is 0 Å². The van der Waals surface area contributed by atoms with Crippen LogP contribution in [0.5, 0.6) is 0 Å². The number of hydrogen-bond acceptors (Lipinski definition) is 9. The predicted octanol–water partition coefficient (Wildman–Crippen LogP) is 6.16. The summed E-state index contributed by atoms with van der Waals surface area (Å²) in [6.07, 6.45) is 4.70. The molecular weight excluding hydrogens is 615 g/mol. The number of rotatable bonds is 13. The van der Waals surface area contributed by atoms with Gasteiger partial charge in [0.2, 0.25) is 0 Å². The first kappa shape index (κ1) is 33.6. The summed E-state index contributed by atoms with van der Waals surface area (Å²) in [6, 6.07) is 11.0. The minimum absolute atomic E-state index is 0.0253. The van der Waals surface area contributed by atoms with E-state index in [4.69, 9.17) is 14.2 Å². The molecule has 0 saturated carbocycles. The highest BCUT2D eigenvalue weighted by Crippen LogP contribution is 2.44. The number of nitrogens with zero attached hydrogens (tertiary/aromatic N) is 3. The van der Waals surface area contributed by atoms with Crippen molar-refractivity contribution in [2.45, 2.75) is 30.7 Å². The van der Waals surface area contributed by atoms with Gasteiger partial charge < -0.3 is 28.9 Å². The monoisotopic (exact) mass is 651 g/mol. The highest BCUT2D eigenvalue weighted by atomic mass is 32.2. The third-order valence-corrected chi connectivity index (χ3v) is 9.37. The highest BCUT2D eigenvalue weighted by molar-refractivity contribution is 8.03. The molecule has 2 aromatic rings. The molecule has 0 N–H and O–H groups in total. The molecule has 12 heteroatoms.